The van der Waals surface area contributed by atoms with Gasteiger partial charge in [-0.2, -0.15) is 0 Å². The van der Waals surface area contributed by atoms with Crippen molar-refractivity contribution in [3.05, 3.63) is 0 Å². The number of carbonyl (C=O) groups excluding carboxylic acids is 2. The molecule has 0 unspecified atom stereocenters. The average Bonchev–Trinajstić information content (AvgIpc) is 2.20. The van der Waals surface area contributed by atoms with Crippen LogP contribution in [0.15, 0.2) is 0 Å². The molecule has 0 aromatic carbocycles. The Hall–Kier alpha value is -0.900. The van der Waals surface area contributed by atoms with E-state index in [9.17, 15) is 9.59 Å². The van der Waals surface area contributed by atoms with Gasteiger partial charge in [0.15, 0.2) is 5.78 Å². The van der Waals surface area contributed by atoms with Crippen LogP contribution in [0.1, 0.15) is 47.5 Å². The zero-order chi connectivity index (χ0) is 13.2. The van der Waals surface area contributed by atoms with E-state index in [0.717, 1.165) is 6.42 Å². The van der Waals surface area contributed by atoms with Gasteiger partial charge in [-0.05, 0) is 27.3 Å². The molecule has 16 heavy (non-hydrogen) atoms. The van der Waals surface area contributed by atoms with E-state index in [1.807, 2.05) is 20.8 Å². The largest absolute Gasteiger partial charge is 0.343 e. The summed E-state index contributed by atoms with van der Waals surface area (Å²) in [5.74, 6) is -0.0774. The number of ketones is 1. The highest BCUT2D eigenvalue weighted by molar-refractivity contribution is 5.92. The quantitative estimate of drug-likeness (QED) is 0.727. The monoisotopic (exact) mass is 230 g/mol. The van der Waals surface area contributed by atoms with Gasteiger partial charge >= 0.3 is 0 Å². The third-order valence-electron chi connectivity index (χ3n) is 1.96. The lowest BCUT2D eigenvalue weighted by Gasteiger charge is -2.24. The van der Waals surface area contributed by atoms with Crippen LogP contribution in [0.5, 0.6) is 0 Å². The third kappa shape index (κ3) is 7.40. The fraction of sp³-hybridized carbons (Fsp3) is 0.833. The minimum atomic E-state index is -0.746. The van der Waals surface area contributed by atoms with Crippen molar-refractivity contribution in [1.82, 2.24) is 10.6 Å². The number of nitrogens with one attached hydrogen (secondary N) is 2. The van der Waals surface area contributed by atoms with Crippen LogP contribution >= 0.6 is 0 Å². The van der Waals surface area contributed by atoms with Gasteiger partial charge in [0.2, 0.25) is 5.91 Å². The van der Waals surface area contributed by atoms with E-state index in [1.165, 1.54) is 0 Å². The maximum Gasteiger partial charge on any atom is 0.234 e. The molecule has 0 radical (unpaired) electrons. The van der Waals surface area contributed by atoms with Gasteiger partial charge in [-0.25, -0.2) is 0 Å². The lowest BCUT2D eigenvalue weighted by Crippen LogP contribution is -2.51. The number of Topliss-reactive ketones (excluding diaryl/α,β-unsaturated/α-hetero) is 1. The Morgan fingerprint density at radius 1 is 1.19 bits per heavy atom. The van der Waals surface area contributed by atoms with Gasteiger partial charge in [0.1, 0.15) is 0 Å². The molecule has 0 aliphatic rings. The van der Waals surface area contributed by atoms with Crippen LogP contribution in [-0.4, -0.2) is 30.8 Å². The molecule has 0 spiro atoms. The van der Waals surface area contributed by atoms with Crippen LogP contribution in [-0.2, 0) is 9.59 Å². The average molecular weight is 230 g/mol. The number of likely N-dealkylation sites (N-methyl/N-ethyl adjacent to an activating group) is 1. The maximum atomic E-state index is 11.6. The second-order valence-corrected chi connectivity index (χ2v) is 3.88. The van der Waals surface area contributed by atoms with E-state index in [-0.39, 0.29) is 18.2 Å². The smallest absolute Gasteiger partial charge is 0.234 e. The van der Waals surface area contributed by atoms with Crippen molar-refractivity contribution in [1.29, 1.82) is 0 Å². The van der Waals surface area contributed by atoms with Gasteiger partial charge in [0.25, 0.3) is 0 Å². The van der Waals surface area contributed by atoms with Crippen molar-refractivity contribution in [3.63, 3.8) is 0 Å². The topological polar surface area (TPSA) is 58.2 Å². The Kier molecular flexibility index (Phi) is 10.2. The summed E-state index contributed by atoms with van der Waals surface area (Å²) in [6.07, 6.45) is 1.32. The molecule has 0 aromatic rings. The molecule has 0 rings (SSSR count). The second-order valence-electron chi connectivity index (χ2n) is 3.88. The molecule has 0 aliphatic carbocycles. The first kappa shape index (κ1) is 17.5. The van der Waals surface area contributed by atoms with Crippen LogP contribution in [0.3, 0.4) is 0 Å². The van der Waals surface area contributed by atoms with E-state index in [2.05, 4.69) is 10.6 Å². The summed E-state index contributed by atoms with van der Waals surface area (Å²) in [4.78, 5) is 22.8. The molecule has 0 heterocycles. The summed E-state index contributed by atoms with van der Waals surface area (Å²) >= 11 is 0. The summed E-state index contributed by atoms with van der Waals surface area (Å²) in [7, 11) is 1.69. The van der Waals surface area contributed by atoms with Crippen molar-refractivity contribution >= 4 is 11.7 Å². The van der Waals surface area contributed by atoms with Crippen LogP contribution in [0, 0.1) is 0 Å². The highest BCUT2D eigenvalue weighted by Crippen LogP contribution is 2.08. The van der Waals surface area contributed by atoms with Crippen molar-refractivity contribution in [3.8, 4) is 0 Å². The molecule has 1 amide bonds. The molecule has 0 aromatic heterocycles. The first-order valence-corrected chi connectivity index (χ1v) is 5.93. The van der Waals surface area contributed by atoms with Crippen LogP contribution in [0.25, 0.3) is 0 Å². The Morgan fingerprint density at radius 2 is 1.69 bits per heavy atom. The SMILES string of the molecule is CC.CCCC(=O)C(C)(C)NC(=O)CNC. The van der Waals surface area contributed by atoms with Crippen molar-refractivity contribution < 1.29 is 9.59 Å². The van der Waals surface area contributed by atoms with Crippen molar-refractivity contribution in [2.75, 3.05) is 13.6 Å². The zero-order valence-electron chi connectivity index (χ0n) is 11.4. The normalized spacial score (nSPS) is 10.1. The van der Waals surface area contributed by atoms with Crippen LogP contribution in [0.2, 0.25) is 0 Å². The van der Waals surface area contributed by atoms with Gasteiger partial charge in [-0.1, -0.05) is 20.8 Å². The third-order valence-corrected chi connectivity index (χ3v) is 1.96. The second kappa shape index (κ2) is 9.33. The lowest BCUT2D eigenvalue weighted by atomic mass is 9.95. The predicted molar refractivity (Wildman–Crippen MR) is 67.4 cm³/mol. The Bertz CT molecular complexity index is 213. The number of rotatable bonds is 6. The lowest BCUT2D eigenvalue weighted by molar-refractivity contribution is -0.130. The van der Waals surface area contributed by atoms with Crippen molar-refractivity contribution in [2.24, 2.45) is 0 Å². The van der Waals surface area contributed by atoms with Crippen molar-refractivity contribution in [2.45, 2.75) is 53.0 Å². The molecule has 0 bridgehead atoms. The van der Waals surface area contributed by atoms with E-state index < -0.39 is 5.54 Å². The maximum absolute atomic E-state index is 11.6. The molecule has 0 saturated heterocycles. The summed E-state index contributed by atoms with van der Waals surface area (Å²) in [6.45, 7) is 9.66. The van der Waals surface area contributed by atoms with E-state index in [0.29, 0.717) is 6.42 Å². The molecule has 96 valence electrons. The summed E-state index contributed by atoms with van der Waals surface area (Å²) in [5.41, 5.74) is -0.746. The molecular weight excluding hydrogens is 204 g/mol. The van der Waals surface area contributed by atoms with Crippen LogP contribution < -0.4 is 10.6 Å². The van der Waals surface area contributed by atoms with Gasteiger partial charge in [-0.3, -0.25) is 9.59 Å². The first-order valence-electron chi connectivity index (χ1n) is 5.93. The van der Waals surface area contributed by atoms with Crippen LogP contribution in [0.4, 0.5) is 0 Å². The standard InChI is InChI=1S/C10H20N2O2.C2H6/c1-5-6-8(13)10(2,3)12-9(14)7-11-4;1-2/h11H,5-7H2,1-4H3,(H,12,14);1-2H3. The minimum Gasteiger partial charge on any atom is -0.343 e. The molecule has 2 N–H and O–H groups in total. The summed E-state index contributed by atoms with van der Waals surface area (Å²) in [6, 6.07) is 0. The first-order chi connectivity index (χ1) is 7.44. The fourth-order valence-corrected chi connectivity index (χ4v) is 1.16. The number of carbonyl (C=O) groups is 2. The Morgan fingerprint density at radius 3 is 2.06 bits per heavy atom. The van der Waals surface area contributed by atoms with E-state index in [4.69, 9.17) is 0 Å². The van der Waals surface area contributed by atoms with E-state index >= 15 is 0 Å². The predicted octanol–water partition coefficient (Wildman–Crippen LogP) is 1.50. The van der Waals surface area contributed by atoms with E-state index in [1.54, 1.807) is 20.9 Å². The highest BCUT2D eigenvalue weighted by atomic mass is 16.2. The molecule has 4 heteroatoms. The summed E-state index contributed by atoms with van der Waals surface area (Å²) in [5, 5.41) is 5.43. The van der Waals surface area contributed by atoms with Gasteiger partial charge in [0.05, 0.1) is 12.1 Å². The molecule has 0 atom stereocenters. The molecule has 0 saturated carbocycles. The van der Waals surface area contributed by atoms with Gasteiger partial charge in [-0.15, -0.1) is 0 Å². The highest BCUT2D eigenvalue weighted by Gasteiger charge is 2.27. The molecular formula is C12H26N2O2. The Balaban J connectivity index is 0. The van der Waals surface area contributed by atoms with Gasteiger partial charge in [0, 0.05) is 6.42 Å². The zero-order valence-corrected chi connectivity index (χ0v) is 11.4. The Labute approximate surface area is 99.2 Å². The molecule has 0 fully saturated rings. The number of hydrogen-bond donors (Lipinski definition) is 2. The number of hydrogen-bond acceptors (Lipinski definition) is 3. The molecule has 4 nitrogen and oxygen atoms in total. The minimum absolute atomic E-state index is 0.0736. The van der Waals surface area contributed by atoms with Gasteiger partial charge < -0.3 is 10.6 Å². The number of amides is 1. The molecule has 0 aliphatic heterocycles. The fourth-order valence-electron chi connectivity index (χ4n) is 1.16. The summed E-state index contributed by atoms with van der Waals surface area (Å²) < 4.78 is 0.